The topological polar surface area (TPSA) is 95.1 Å². The number of carbonyl (C=O) groups excluding carboxylic acids is 1. The molecule has 2 aromatic heterocycles. The van der Waals surface area contributed by atoms with Crippen molar-refractivity contribution < 1.29 is 9.53 Å². The number of nitrogen functional groups attached to an aromatic ring is 1. The molecule has 2 rings (SSSR count). The summed E-state index contributed by atoms with van der Waals surface area (Å²) in [6.07, 6.45) is 3.19. The summed E-state index contributed by atoms with van der Waals surface area (Å²) in [5, 5.41) is 6.64. The second-order valence-corrected chi connectivity index (χ2v) is 3.80. The highest BCUT2D eigenvalue weighted by molar-refractivity contribution is 5.90. The number of nitrogens with two attached hydrogens (primary N) is 1. The van der Waals surface area contributed by atoms with Crippen LogP contribution in [0.15, 0.2) is 30.6 Å². The molecule has 0 bridgehead atoms. The van der Waals surface area contributed by atoms with Gasteiger partial charge in [0.05, 0.1) is 18.5 Å². The van der Waals surface area contributed by atoms with E-state index in [4.69, 9.17) is 10.5 Å². The van der Waals surface area contributed by atoms with Crippen molar-refractivity contribution in [2.24, 2.45) is 0 Å². The monoisotopic (exact) mass is 261 g/mol. The molecule has 2 aromatic rings. The molecular weight excluding hydrogens is 246 g/mol. The lowest BCUT2D eigenvalue weighted by Crippen LogP contribution is -2.19. The van der Waals surface area contributed by atoms with Gasteiger partial charge in [0.25, 0.3) is 0 Å². The molecule has 0 unspecified atom stereocenters. The summed E-state index contributed by atoms with van der Waals surface area (Å²) in [7, 11) is 0. The van der Waals surface area contributed by atoms with E-state index in [9.17, 15) is 4.79 Å². The van der Waals surface area contributed by atoms with E-state index in [1.165, 1.54) is 4.68 Å². The van der Waals surface area contributed by atoms with Crippen LogP contribution in [-0.4, -0.2) is 27.3 Å². The first kappa shape index (κ1) is 12.9. The van der Waals surface area contributed by atoms with Gasteiger partial charge in [-0.1, -0.05) is 0 Å². The van der Waals surface area contributed by atoms with Gasteiger partial charge in [-0.05, 0) is 19.1 Å². The molecule has 0 aliphatic rings. The molecule has 0 radical (unpaired) electrons. The summed E-state index contributed by atoms with van der Waals surface area (Å²) in [5.74, 6) is 0.713. The zero-order valence-corrected chi connectivity index (χ0v) is 10.5. The van der Waals surface area contributed by atoms with Crippen molar-refractivity contribution in [3.63, 3.8) is 0 Å². The Bertz CT molecular complexity index is 550. The van der Waals surface area contributed by atoms with Crippen LogP contribution in [0, 0.1) is 0 Å². The molecule has 7 heteroatoms. The number of pyridine rings is 1. The smallest absolute Gasteiger partial charge is 0.246 e. The summed E-state index contributed by atoms with van der Waals surface area (Å²) in [6.45, 7) is 2.54. The van der Waals surface area contributed by atoms with Gasteiger partial charge < -0.3 is 15.8 Å². The number of anilines is 2. The van der Waals surface area contributed by atoms with E-state index in [2.05, 4.69) is 15.4 Å². The minimum absolute atomic E-state index is 0.102. The molecule has 7 nitrogen and oxygen atoms in total. The Labute approximate surface area is 110 Å². The highest BCUT2D eigenvalue weighted by Gasteiger charge is 2.05. The maximum absolute atomic E-state index is 11.7. The number of amides is 1. The Morgan fingerprint density at radius 1 is 1.47 bits per heavy atom. The third kappa shape index (κ3) is 3.70. The van der Waals surface area contributed by atoms with Gasteiger partial charge in [-0.25, -0.2) is 4.98 Å². The van der Waals surface area contributed by atoms with Crippen LogP contribution in [-0.2, 0) is 11.3 Å². The van der Waals surface area contributed by atoms with Crippen molar-refractivity contribution in [3.05, 3.63) is 30.6 Å². The standard InChI is InChI=1S/C12H15N5O2/c1-2-19-12-4-3-9(7-14-12)15-11(18)8-17-6-5-10(13)16-17/h3-7H,2,8H2,1H3,(H2,13,16)(H,15,18). The molecule has 0 aliphatic heterocycles. The normalized spacial score (nSPS) is 10.2. The van der Waals surface area contributed by atoms with Gasteiger partial charge in [-0.3, -0.25) is 9.48 Å². The number of nitrogens with zero attached hydrogens (tertiary/aromatic N) is 3. The summed E-state index contributed by atoms with van der Waals surface area (Å²) >= 11 is 0. The van der Waals surface area contributed by atoms with Crippen LogP contribution >= 0.6 is 0 Å². The fourth-order valence-electron chi connectivity index (χ4n) is 1.50. The lowest BCUT2D eigenvalue weighted by atomic mass is 10.4. The number of carbonyl (C=O) groups is 1. The average molecular weight is 261 g/mol. The maximum atomic E-state index is 11.7. The van der Waals surface area contributed by atoms with Gasteiger partial charge in [-0.15, -0.1) is 0 Å². The molecular formula is C12H15N5O2. The molecule has 0 aromatic carbocycles. The third-order valence-electron chi connectivity index (χ3n) is 2.28. The molecule has 1 amide bonds. The van der Waals surface area contributed by atoms with E-state index >= 15 is 0 Å². The minimum atomic E-state index is -0.200. The van der Waals surface area contributed by atoms with Crippen molar-refractivity contribution in [1.82, 2.24) is 14.8 Å². The first-order valence-corrected chi connectivity index (χ1v) is 5.85. The minimum Gasteiger partial charge on any atom is -0.478 e. The number of hydrogen-bond acceptors (Lipinski definition) is 5. The second kappa shape index (κ2) is 5.85. The van der Waals surface area contributed by atoms with E-state index in [1.807, 2.05) is 6.92 Å². The predicted molar refractivity (Wildman–Crippen MR) is 70.7 cm³/mol. The van der Waals surface area contributed by atoms with Gasteiger partial charge in [0.2, 0.25) is 11.8 Å². The first-order chi connectivity index (χ1) is 9.17. The van der Waals surface area contributed by atoms with Crippen LogP contribution in [0.25, 0.3) is 0 Å². The van der Waals surface area contributed by atoms with Gasteiger partial charge >= 0.3 is 0 Å². The van der Waals surface area contributed by atoms with Crippen LogP contribution in [0.1, 0.15) is 6.92 Å². The molecule has 0 aliphatic carbocycles. The van der Waals surface area contributed by atoms with Crippen LogP contribution in [0.4, 0.5) is 11.5 Å². The zero-order chi connectivity index (χ0) is 13.7. The number of nitrogens with one attached hydrogen (secondary N) is 1. The Hall–Kier alpha value is -2.57. The molecule has 100 valence electrons. The fourth-order valence-corrected chi connectivity index (χ4v) is 1.50. The Morgan fingerprint density at radius 2 is 2.32 bits per heavy atom. The molecule has 0 saturated carbocycles. The van der Waals surface area contributed by atoms with Crippen molar-refractivity contribution in [2.45, 2.75) is 13.5 Å². The van der Waals surface area contributed by atoms with Crippen LogP contribution in [0.5, 0.6) is 5.88 Å². The molecule has 0 atom stereocenters. The maximum Gasteiger partial charge on any atom is 0.246 e. The second-order valence-electron chi connectivity index (χ2n) is 3.80. The van der Waals surface area contributed by atoms with E-state index in [0.29, 0.717) is 24.0 Å². The van der Waals surface area contributed by atoms with Crippen molar-refractivity contribution in [2.75, 3.05) is 17.7 Å². The molecule has 0 fully saturated rings. The van der Waals surface area contributed by atoms with Crippen LogP contribution < -0.4 is 15.8 Å². The molecule has 0 spiro atoms. The Kier molecular flexibility index (Phi) is 3.97. The van der Waals surface area contributed by atoms with E-state index in [1.54, 1.807) is 30.6 Å². The predicted octanol–water partition coefficient (Wildman–Crippen LogP) is 0.898. The number of ether oxygens (including phenoxy) is 1. The van der Waals surface area contributed by atoms with Crippen molar-refractivity contribution in [1.29, 1.82) is 0 Å². The number of rotatable bonds is 5. The van der Waals surface area contributed by atoms with Crippen molar-refractivity contribution >= 4 is 17.4 Å². The number of aromatic nitrogens is 3. The van der Waals surface area contributed by atoms with Crippen molar-refractivity contribution in [3.8, 4) is 5.88 Å². The van der Waals surface area contributed by atoms with Gasteiger partial charge in [-0.2, -0.15) is 5.10 Å². The van der Waals surface area contributed by atoms with Crippen LogP contribution in [0.3, 0.4) is 0 Å². The fraction of sp³-hybridized carbons (Fsp3) is 0.250. The quantitative estimate of drug-likeness (QED) is 0.833. The van der Waals surface area contributed by atoms with Gasteiger partial charge in [0.1, 0.15) is 12.4 Å². The highest BCUT2D eigenvalue weighted by Crippen LogP contribution is 2.11. The lowest BCUT2D eigenvalue weighted by Gasteiger charge is -2.06. The van der Waals surface area contributed by atoms with Crippen LogP contribution in [0.2, 0.25) is 0 Å². The summed E-state index contributed by atoms with van der Waals surface area (Å²) < 4.78 is 6.68. The third-order valence-corrected chi connectivity index (χ3v) is 2.28. The van der Waals surface area contributed by atoms with E-state index in [-0.39, 0.29) is 12.5 Å². The summed E-state index contributed by atoms with van der Waals surface area (Å²) in [5.41, 5.74) is 6.07. The van der Waals surface area contributed by atoms with Gasteiger partial charge in [0.15, 0.2) is 0 Å². The number of hydrogen-bond donors (Lipinski definition) is 2. The molecule has 0 saturated heterocycles. The van der Waals surface area contributed by atoms with E-state index < -0.39 is 0 Å². The Balaban J connectivity index is 1.91. The zero-order valence-electron chi connectivity index (χ0n) is 10.5. The SMILES string of the molecule is CCOc1ccc(NC(=O)Cn2ccc(N)n2)cn1. The molecule has 3 N–H and O–H groups in total. The first-order valence-electron chi connectivity index (χ1n) is 5.85. The largest absolute Gasteiger partial charge is 0.478 e. The van der Waals surface area contributed by atoms with Gasteiger partial charge in [0, 0.05) is 12.3 Å². The average Bonchev–Trinajstić information content (AvgIpc) is 2.77. The lowest BCUT2D eigenvalue weighted by molar-refractivity contribution is -0.116. The Morgan fingerprint density at radius 3 is 2.89 bits per heavy atom. The van der Waals surface area contributed by atoms with E-state index in [0.717, 1.165) is 0 Å². The summed E-state index contributed by atoms with van der Waals surface area (Å²) in [4.78, 5) is 15.8. The molecule has 19 heavy (non-hydrogen) atoms. The molecule has 2 heterocycles. The summed E-state index contributed by atoms with van der Waals surface area (Å²) in [6, 6.07) is 5.06. The highest BCUT2D eigenvalue weighted by atomic mass is 16.5.